The molecule has 0 saturated carbocycles. The summed E-state index contributed by atoms with van der Waals surface area (Å²) in [7, 11) is 0. The molecule has 0 aromatic heterocycles. The van der Waals surface area contributed by atoms with Crippen molar-refractivity contribution in [2.24, 2.45) is 0 Å². The molecule has 0 heterocycles. The predicted octanol–water partition coefficient (Wildman–Crippen LogP) is 7.20. The van der Waals surface area contributed by atoms with Crippen LogP contribution in [0.2, 0.25) is 0 Å². The summed E-state index contributed by atoms with van der Waals surface area (Å²) in [6.07, 6.45) is 16.4. The molecule has 3 amide bonds. The smallest absolute Gasteiger partial charge is 0.408 e. The molecule has 270 valence electrons. The fourth-order valence-electron chi connectivity index (χ4n) is 4.35. The number of nitrogens with one attached hydrogen (secondary N) is 3. The minimum absolute atomic E-state index is 0.132. The van der Waals surface area contributed by atoms with E-state index >= 15 is 0 Å². The molecule has 0 bridgehead atoms. The summed E-state index contributed by atoms with van der Waals surface area (Å²) in [5.41, 5.74) is -1.37. The third kappa shape index (κ3) is 28.0. The molecule has 2 atom stereocenters. The van der Waals surface area contributed by atoms with Crippen LogP contribution in [-0.2, 0) is 23.8 Å². The number of thioether (sulfide) groups is 1. The van der Waals surface area contributed by atoms with Crippen LogP contribution >= 0.6 is 11.8 Å². The molecule has 0 fully saturated rings. The van der Waals surface area contributed by atoms with E-state index in [1.165, 1.54) is 82.4 Å². The molecule has 0 aliphatic heterocycles. The van der Waals surface area contributed by atoms with Crippen LogP contribution < -0.4 is 16.0 Å². The number of aliphatic carboxylic acids is 1. The standard InChI is InChI=1S/C34H65N3O8S/c1-8-9-10-11-12-13-14-15-16-17-18-19-20-21-23-43-31(41)35-22-24-46-26-28(37-32(42)45-34(5,6)7)29(38)36-27(30(39)40)25-44-33(2,3)4/h27-28H,8-26H2,1-7H3,(H,35,41)(H,36,38)(H,37,42)(H,39,40). The van der Waals surface area contributed by atoms with Gasteiger partial charge in [-0.2, -0.15) is 11.8 Å². The minimum atomic E-state index is -1.30. The van der Waals surface area contributed by atoms with Gasteiger partial charge in [-0.15, -0.1) is 0 Å². The molecule has 0 aromatic rings. The van der Waals surface area contributed by atoms with Crippen molar-refractivity contribution in [1.29, 1.82) is 0 Å². The summed E-state index contributed by atoms with van der Waals surface area (Å²) in [5, 5.41) is 17.2. The van der Waals surface area contributed by atoms with Crippen molar-refractivity contribution in [2.75, 3.05) is 31.3 Å². The van der Waals surface area contributed by atoms with E-state index in [1.807, 2.05) is 0 Å². The van der Waals surface area contributed by atoms with Gasteiger partial charge in [0.05, 0.1) is 18.8 Å². The molecule has 12 heteroatoms. The molecule has 0 aliphatic carbocycles. The Balaban J connectivity index is 4.28. The normalized spacial score (nSPS) is 13.0. The number of rotatable bonds is 26. The maximum atomic E-state index is 13.0. The second-order valence-corrected chi connectivity index (χ2v) is 14.9. The van der Waals surface area contributed by atoms with Crippen LogP contribution in [0.4, 0.5) is 9.59 Å². The Morgan fingerprint density at radius 3 is 1.70 bits per heavy atom. The number of unbranched alkanes of at least 4 members (excludes halogenated alkanes) is 13. The quantitative estimate of drug-likeness (QED) is 0.0697. The minimum Gasteiger partial charge on any atom is -0.480 e. The van der Waals surface area contributed by atoms with E-state index in [2.05, 4.69) is 22.9 Å². The molecule has 0 spiro atoms. The van der Waals surface area contributed by atoms with Gasteiger partial charge >= 0.3 is 18.2 Å². The van der Waals surface area contributed by atoms with Gasteiger partial charge in [0.15, 0.2) is 6.04 Å². The summed E-state index contributed by atoms with van der Waals surface area (Å²) in [6.45, 7) is 13.1. The van der Waals surface area contributed by atoms with Crippen LogP contribution in [0.3, 0.4) is 0 Å². The zero-order valence-corrected chi connectivity index (χ0v) is 30.6. The van der Waals surface area contributed by atoms with Gasteiger partial charge in [-0.25, -0.2) is 14.4 Å². The van der Waals surface area contributed by atoms with Crippen molar-refractivity contribution in [3.05, 3.63) is 0 Å². The number of carboxylic acid groups (broad SMARTS) is 1. The van der Waals surface area contributed by atoms with Gasteiger partial charge in [-0.3, -0.25) is 4.79 Å². The first-order chi connectivity index (χ1) is 21.6. The Bertz CT molecular complexity index is 845. The number of carbonyl (C=O) groups is 4. The first-order valence-electron chi connectivity index (χ1n) is 17.3. The van der Waals surface area contributed by atoms with Crippen LogP contribution in [0.25, 0.3) is 0 Å². The average molecular weight is 676 g/mol. The zero-order chi connectivity index (χ0) is 34.8. The predicted molar refractivity (Wildman–Crippen MR) is 185 cm³/mol. The van der Waals surface area contributed by atoms with Crippen molar-refractivity contribution in [1.82, 2.24) is 16.0 Å². The van der Waals surface area contributed by atoms with Crippen LogP contribution in [0, 0.1) is 0 Å². The third-order valence-electron chi connectivity index (χ3n) is 6.84. The average Bonchev–Trinajstić information content (AvgIpc) is 2.94. The van der Waals surface area contributed by atoms with Gasteiger partial charge in [0.2, 0.25) is 5.91 Å². The van der Waals surface area contributed by atoms with Crippen molar-refractivity contribution in [3.8, 4) is 0 Å². The lowest BCUT2D eigenvalue weighted by Gasteiger charge is -2.26. The largest absolute Gasteiger partial charge is 0.480 e. The van der Waals surface area contributed by atoms with Crippen molar-refractivity contribution >= 4 is 35.8 Å². The Hall–Kier alpha value is -2.21. The summed E-state index contributed by atoms with van der Waals surface area (Å²) < 4.78 is 16.1. The molecule has 0 aliphatic rings. The maximum absolute atomic E-state index is 13.0. The van der Waals surface area contributed by atoms with E-state index in [4.69, 9.17) is 14.2 Å². The van der Waals surface area contributed by atoms with Gasteiger partial charge in [-0.1, -0.05) is 90.4 Å². The lowest BCUT2D eigenvalue weighted by molar-refractivity contribution is -0.145. The van der Waals surface area contributed by atoms with E-state index in [-0.39, 0.29) is 12.4 Å². The van der Waals surface area contributed by atoms with Crippen molar-refractivity contribution in [3.63, 3.8) is 0 Å². The van der Waals surface area contributed by atoms with E-state index in [0.29, 0.717) is 18.9 Å². The number of carbonyl (C=O) groups excluding carboxylic acids is 3. The summed E-state index contributed by atoms with van der Waals surface area (Å²) in [4.78, 5) is 49.1. The summed E-state index contributed by atoms with van der Waals surface area (Å²) in [6, 6.07) is -2.36. The van der Waals surface area contributed by atoms with Gasteiger partial charge in [0.25, 0.3) is 0 Å². The number of hydrogen-bond donors (Lipinski definition) is 4. The molecular formula is C34H65N3O8S. The van der Waals surface area contributed by atoms with Gasteiger partial charge in [-0.05, 0) is 48.0 Å². The Labute approximate surface area is 282 Å². The molecular weight excluding hydrogens is 610 g/mol. The van der Waals surface area contributed by atoms with Crippen LogP contribution in [0.5, 0.6) is 0 Å². The number of amides is 3. The van der Waals surface area contributed by atoms with E-state index in [1.54, 1.807) is 41.5 Å². The van der Waals surface area contributed by atoms with Crippen molar-refractivity contribution in [2.45, 2.75) is 162 Å². The highest BCUT2D eigenvalue weighted by molar-refractivity contribution is 7.99. The summed E-state index contributed by atoms with van der Waals surface area (Å²) in [5.74, 6) is -1.35. The second kappa shape index (κ2) is 25.8. The summed E-state index contributed by atoms with van der Waals surface area (Å²) >= 11 is 1.31. The highest BCUT2D eigenvalue weighted by atomic mass is 32.2. The molecule has 4 N–H and O–H groups in total. The Morgan fingerprint density at radius 1 is 0.696 bits per heavy atom. The molecule has 2 unspecified atom stereocenters. The molecule has 0 aromatic carbocycles. The fourth-order valence-corrected chi connectivity index (χ4v) is 5.24. The third-order valence-corrected chi connectivity index (χ3v) is 7.90. The molecule has 0 saturated heterocycles. The van der Waals surface area contributed by atoms with E-state index in [0.717, 1.165) is 19.3 Å². The number of hydrogen-bond acceptors (Lipinski definition) is 8. The lowest BCUT2D eigenvalue weighted by atomic mass is 10.0. The van der Waals surface area contributed by atoms with Gasteiger partial charge in [0, 0.05) is 18.1 Å². The van der Waals surface area contributed by atoms with Gasteiger partial charge in [0.1, 0.15) is 11.6 Å². The topological polar surface area (TPSA) is 152 Å². The zero-order valence-electron chi connectivity index (χ0n) is 29.8. The highest BCUT2D eigenvalue weighted by Gasteiger charge is 2.29. The van der Waals surface area contributed by atoms with Crippen LogP contribution in [-0.4, -0.2) is 83.7 Å². The van der Waals surface area contributed by atoms with E-state index in [9.17, 15) is 24.3 Å². The molecule has 0 rings (SSSR count). The maximum Gasteiger partial charge on any atom is 0.408 e. The molecule has 0 radical (unpaired) electrons. The Kier molecular flexibility index (Phi) is 24.6. The van der Waals surface area contributed by atoms with Crippen molar-refractivity contribution < 1.29 is 38.5 Å². The second-order valence-electron chi connectivity index (χ2n) is 13.8. The first-order valence-corrected chi connectivity index (χ1v) is 18.4. The number of ether oxygens (including phenoxy) is 3. The van der Waals surface area contributed by atoms with Gasteiger partial charge < -0.3 is 35.3 Å². The fraction of sp³-hybridized carbons (Fsp3) is 0.882. The molecule has 11 nitrogen and oxygen atoms in total. The lowest BCUT2D eigenvalue weighted by Crippen LogP contribution is -2.55. The van der Waals surface area contributed by atoms with Crippen LogP contribution in [0.1, 0.15) is 138 Å². The van der Waals surface area contributed by atoms with E-state index < -0.39 is 47.3 Å². The Morgan fingerprint density at radius 2 is 1.22 bits per heavy atom. The number of carboxylic acids is 1. The first kappa shape index (κ1) is 43.8. The highest BCUT2D eigenvalue weighted by Crippen LogP contribution is 2.13. The monoisotopic (exact) mass is 675 g/mol. The van der Waals surface area contributed by atoms with Crippen LogP contribution in [0.15, 0.2) is 0 Å². The number of alkyl carbamates (subject to hydrolysis) is 2. The molecule has 46 heavy (non-hydrogen) atoms. The SMILES string of the molecule is CCCCCCCCCCCCCCCCOC(=O)NCCSCC(NC(=O)OC(C)(C)C)C(=O)NC(COC(C)(C)C)C(=O)O.